The molecular weight excluding hydrogens is 238 g/mol. The van der Waals surface area contributed by atoms with E-state index in [1.807, 2.05) is 30.3 Å². The van der Waals surface area contributed by atoms with E-state index in [9.17, 15) is 0 Å². The molecule has 1 aromatic carbocycles. The molecule has 0 radical (unpaired) electrons. The van der Waals surface area contributed by atoms with Crippen LogP contribution in [0.4, 0.5) is 5.82 Å². The zero-order valence-electron chi connectivity index (χ0n) is 10.2. The molecule has 0 fully saturated rings. The Balaban J connectivity index is 2.11. The van der Waals surface area contributed by atoms with Crippen LogP contribution in [0.1, 0.15) is 5.56 Å². The Morgan fingerprint density at radius 3 is 2.79 bits per heavy atom. The fourth-order valence-corrected chi connectivity index (χ4v) is 1.93. The van der Waals surface area contributed by atoms with Gasteiger partial charge in [0.05, 0.1) is 5.52 Å². The Hall–Kier alpha value is -2.53. The second-order valence-corrected chi connectivity index (χ2v) is 4.22. The van der Waals surface area contributed by atoms with E-state index in [-0.39, 0.29) is 0 Å². The third kappa shape index (κ3) is 2.11. The van der Waals surface area contributed by atoms with Gasteiger partial charge in [0, 0.05) is 35.5 Å². The molecule has 0 bridgehead atoms. The van der Waals surface area contributed by atoms with Crippen LogP contribution in [0.2, 0.25) is 0 Å². The van der Waals surface area contributed by atoms with Crippen molar-refractivity contribution in [3.8, 4) is 11.4 Å². The van der Waals surface area contributed by atoms with Crippen molar-refractivity contribution in [2.45, 2.75) is 6.54 Å². The molecule has 0 saturated carbocycles. The third-order valence-corrected chi connectivity index (χ3v) is 2.98. The molecule has 94 valence electrons. The van der Waals surface area contributed by atoms with Crippen molar-refractivity contribution < 1.29 is 0 Å². The first-order chi connectivity index (χ1) is 9.28. The monoisotopic (exact) mass is 251 g/mol. The summed E-state index contributed by atoms with van der Waals surface area (Å²) < 4.78 is 0. The summed E-state index contributed by atoms with van der Waals surface area (Å²) in [4.78, 5) is 12.9. The molecule has 0 atom stereocenters. The van der Waals surface area contributed by atoms with Crippen LogP contribution in [0.25, 0.3) is 22.3 Å². The Bertz CT molecular complexity index is 739. The van der Waals surface area contributed by atoms with Crippen molar-refractivity contribution in [1.82, 2.24) is 15.0 Å². The van der Waals surface area contributed by atoms with Gasteiger partial charge in [-0.05, 0) is 24.3 Å². The van der Waals surface area contributed by atoms with Gasteiger partial charge in [-0.2, -0.15) is 0 Å². The number of hydrogen-bond acceptors (Lipinski definition) is 5. The lowest BCUT2D eigenvalue weighted by Crippen LogP contribution is -2.05. The van der Waals surface area contributed by atoms with Gasteiger partial charge in [-0.1, -0.05) is 6.07 Å². The summed E-state index contributed by atoms with van der Waals surface area (Å²) >= 11 is 0. The van der Waals surface area contributed by atoms with Crippen LogP contribution < -0.4 is 11.5 Å². The SMILES string of the molecule is NCc1cnc(-c2ccc3ncccc3c2)nc1N. The summed E-state index contributed by atoms with van der Waals surface area (Å²) in [5, 5.41) is 1.05. The van der Waals surface area contributed by atoms with Crippen molar-refractivity contribution in [3.05, 3.63) is 48.3 Å². The van der Waals surface area contributed by atoms with E-state index < -0.39 is 0 Å². The van der Waals surface area contributed by atoms with E-state index in [1.54, 1.807) is 12.4 Å². The van der Waals surface area contributed by atoms with E-state index in [0.717, 1.165) is 22.0 Å². The van der Waals surface area contributed by atoms with E-state index in [4.69, 9.17) is 11.5 Å². The van der Waals surface area contributed by atoms with Gasteiger partial charge in [0.1, 0.15) is 5.82 Å². The molecule has 3 rings (SSSR count). The maximum absolute atomic E-state index is 5.84. The number of rotatable bonds is 2. The smallest absolute Gasteiger partial charge is 0.161 e. The standard InChI is InChI=1S/C14H13N5/c15-7-11-8-18-14(19-13(11)16)10-3-4-12-9(6-10)2-1-5-17-12/h1-6,8H,7,15H2,(H2,16,18,19). The van der Waals surface area contributed by atoms with Crippen molar-refractivity contribution in [3.63, 3.8) is 0 Å². The van der Waals surface area contributed by atoms with Gasteiger partial charge in [0.25, 0.3) is 0 Å². The second kappa shape index (κ2) is 4.62. The number of fused-ring (bicyclic) bond motifs is 1. The molecule has 2 heterocycles. The minimum absolute atomic E-state index is 0.341. The number of pyridine rings is 1. The van der Waals surface area contributed by atoms with Crippen molar-refractivity contribution in [2.75, 3.05) is 5.73 Å². The maximum Gasteiger partial charge on any atom is 0.161 e. The van der Waals surface area contributed by atoms with Crippen LogP contribution in [-0.2, 0) is 6.54 Å². The van der Waals surface area contributed by atoms with Crippen LogP contribution in [-0.4, -0.2) is 15.0 Å². The highest BCUT2D eigenvalue weighted by atomic mass is 14.9. The van der Waals surface area contributed by atoms with E-state index >= 15 is 0 Å². The molecular formula is C14H13N5. The predicted octanol–water partition coefficient (Wildman–Crippen LogP) is 1.73. The zero-order chi connectivity index (χ0) is 13.2. The quantitative estimate of drug-likeness (QED) is 0.723. The average Bonchev–Trinajstić information content (AvgIpc) is 2.46. The Morgan fingerprint density at radius 2 is 2.00 bits per heavy atom. The molecule has 19 heavy (non-hydrogen) atoms. The fraction of sp³-hybridized carbons (Fsp3) is 0.0714. The minimum atomic E-state index is 0.341. The van der Waals surface area contributed by atoms with E-state index in [0.29, 0.717) is 18.2 Å². The molecule has 0 spiro atoms. The zero-order valence-corrected chi connectivity index (χ0v) is 10.2. The van der Waals surface area contributed by atoms with Crippen LogP contribution in [0, 0.1) is 0 Å². The minimum Gasteiger partial charge on any atom is -0.383 e. The summed E-state index contributed by atoms with van der Waals surface area (Å²) in [7, 11) is 0. The van der Waals surface area contributed by atoms with Gasteiger partial charge in [-0.3, -0.25) is 4.98 Å². The highest BCUT2D eigenvalue weighted by Gasteiger charge is 2.06. The summed E-state index contributed by atoms with van der Waals surface area (Å²) in [5.74, 6) is 1.03. The molecule has 0 saturated heterocycles. The maximum atomic E-state index is 5.84. The molecule has 0 amide bonds. The van der Waals surface area contributed by atoms with Gasteiger partial charge in [-0.15, -0.1) is 0 Å². The van der Waals surface area contributed by atoms with Gasteiger partial charge in [0.15, 0.2) is 5.82 Å². The molecule has 4 N–H and O–H groups in total. The number of anilines is 1. The summed E-state index contributed by atoms with van der Waals surface area (Å²) in [6.07, 6.45) is 3.44. The largest absolute Gasteiger partial charge is 0.383 e. The number of nitrogens with two attached hydrogens (primary N) is 2. The fourth-order valence-electron chi connectivity index (χ4n) is 1.93. The molecule has 5 nitrogen and oxygen atoms in total. The molecule has 2 aromatic heterocycles. The lowest BCUT2D eigenvalue weighted by Gasteiger charge is -2.05. The Kier molecular flexibility index (Phi) is 2.81. The predicted molar refractivity (Wildman–Crippen MR) is 75.1 cm³/mol. The number of hydrogen-bond donors (Lipinski definition) is 2. The number of aromatic nitrogens is 3. The molecule has 3 aromatic rings. The van der Waals surface area contributed by atoms with Crippen molar-refractivity contribution in [2.24, 2.45) is 5.73 Å². The lowest BCUT2D eigenvalue weighted by molar-refractivity contribution is 1.02. The average molecular weight is 251 g/mol. The summed E-state index contributed by atoms with van der Waals surface area (Å²) in [5.41, 5.74) is 14.0. The highest BCUT2D eigenvalue weighted by molar-refractivity contribution is 5.83. The van der Waals surface area contributed by atoms with E-state index in [1.165, 1.54) is 0 Å². The van der Waals surface area contributed by atoms with Gasteiger partial charge in [0.2, 0.25) is 0 Å². The third-order valence-electron chi connectivity index (χ3n) is 2.98. The Morgan fingerprint density at radius 1 is 1.11 bits per heavy atom. The lowest BCUT2D eigenvalue weighted by atomic mass is 10.1. The summed E-state index contributed by atoms with van der Waals surface area (Å²) in [6.45, 7) is 0.341. The van der Waals surface area contributed by atoms with Crippen LogP contribution in [0.3, 0.4) is 0 Å². The van der Waals surface area contributed by atoms with Crippen molar-refractivity contribution in [1.29, 1.82) is 0 Å². The second-order valence-electron chi connectivity index (χ2n) is 4.22. The highest BCUT2D eigenvalue weighted by Crippen LogP contribution is 2.21. The first-order valence-corrected chi connectivity index (χ1v) is 5.94. The summed E-state index contributed by atoms with van der Waals surface area (Å²) in [6, 6.07) is 9.79. The van der Waals surface area contributed by atoms with Crippen LogP contribution >= 0.6 is 0 Å². The van der Waals surface area contributed by atoms with Crippen LogP contribution in [0.15, 0.2) is 42.7 Å². The molecule has 0 aliphatic rings. The van der Waals surface area contributed by atoms with E-state index in [2.05, 4.69) is 15.0 Å². The topological polar surface area (TPSA) is 90.7 Å². The Labute approximate surface area is 110 Å². The first kappa shape index (κ1) is 11.6. The first-order valence-electron chi connectivity index (χ1n) is 5.94. The van der Waals surface area contributed by atoms with Crippen molar-refractivity contribution >= 4 is 16.7 Å². The van der Waals surface area contributed by atoms with Gasteiger partial charge < -0.3 is 11.5 Å². The van der Waals surface area contributed by atoms with Gasteiger partial charge in [-0.25, -0.2) is 9.97 Å². The molecule has 5 heteroatoms. The molecule has 0 aliphatic heterocycles. The normalized spacial score (nSPS) is 10.8. The molecule has 0 unspecified atom stereocenters. The van der Waals surface area contributed by atoms with Gasteiger partial charge >= 0.3 is 0 Å². The number of nitrogen functional groups attached to an aromatic ring is 1. The number of nitrogens with zero attached hydrogens (tertiary/aromatic N) is 3. The van der Waals surface area contributed by atoms with Crippen LogP contribution in [0.5, 0.6) is 0 Å². The number of benzene rings is 1. The molecule has 0 aliphatic carbocycles.